The molecule has 0 saturated heterocycles. The number of nitrogens with one attached hydrogen (secondary N) is 2. The number of rotatable bonds is 4. The number of carbonyl (C=O) groups is 1. The van der Waals surface area contributed by atoms with Gasteiger partial charge in [-0.2, -0.15) is 0 Å². The fraction of sp³-hybridized carbons (Fsp3) is 0.353. The van der Waals surface area contributed by atoms with Crippen LogP contribution >= 0.6 is 0 Å². The molecule has 0 aromatic carbocycles. The average molecular weight is 342 g/mol. The lowest BCUT2D eigenvalue weighted by Crippen LogP contribution is -2.30. The summed E-state index contributed by atoms with van der Waals surface area (Å²) in [4.78, 5) is 41.0. The van der Waals surface area contributed by atoms with E-state index in [1.54, 1.807) is 0 Å². The summed E-state index contributed by atoms with van der Waals surface area (Å²) in [6, 6.07) is 2.52. The van der Waals surface area contributed by atoms with Crippen LogP contribution in [0.2, 0.25) is 0 Å². The molecule has 0 unspecified atom stereocenters. The maximum Gasteiger partial charge on any atom is 0.363 e. The highest BCUT2D eigenvalue weighted by molar-refractivity contribution is 5.93. The van der Waals surface area contributed by atoms with Crippen LogP contribution in [0.3, 0.4) is 0 Å². The topological polar surface area (TPSA) is 118 Å². The lowest BCUT2D eigenvalue weighted by atomic mass is 9.88. The molecule has 8 heteroatoms. The molecule has 0 fully saturated rings. The zero-order valence-corrected chi connectivity index (χ0v) is 13.8. The summed E-state index contributed by atoms with van der Waals surface area (Å²) in [5.41, 5.74) is 3.72. The highest BCUT2D eigenvalue weighted by atomic mass is 16.6. The maximum absolute atomic E-state index is 12.3. The summed E-state index contributed by atoms with van der Waals surface area (Å²) >= 11 is 0. The largest absolute Gasteiger partial charge is 0.363 e. The molecule has 2 aromatic rings. The van der Waals surface area contributed by atoms with Crippen LogP contribution in [0.25, 0.3) is 0 Å². The summed E-state index contributed by atoms with van der Waals surface area (Å²) in [6.07, 6.45) is 5.06. The lowest BCUT2D eigenvalue weighted by molar-refractivity contribution is -0.389. The third-order valence-electron chi connectivity index (χ3n) is 4.48. The molecule has 2 heterocycles. The molecule has 0 spiro atoms. The number of H-pyrrole nitrogens is 1. The van der Waals surface area contributed by atoms with Crippen molar-refractivity contribution < 1.29 is 9.72 Å². The molecule has 25 heavy (non-hydrogen) atoms. The van der Waals surface area contributed by atoms with Crippen LogP contribution in [0.1, 0.15) is 45.6 Å². The van der Waals surface area contributed by atoms with Crippen molar-refractivity contribution in [2.24, 2.45) is 0 Å². The van der Waals surface area contributed by atoms with E-state index in [0.29, 0.717) is 5.56 Å². The van der Waals surface area contributed by atoms with Crippen molar-refractivity contribution in [3.8, 4) is 0 Å². The van der Waals surface area contributed by atoms with Gasteiger partial charge in [0.15, 0.2) is 6.20 Å². The molecule has 0 aliphatic heterocycles. The van der Waals surface area contributed by atoms with Gasteiger partial charge >= 0.3 is 5.82 Å². The van der Waals surface area contributed by atoms with E-state index in [1.807, 2.05) is 6.92 Å². The first kappa shape index (κ1) is 16.8. The standard InChI is InChI=1S/C17H18N4O4/c1-10-12-4-2-3-5-13(12)14(17(23)20-10)9-19-16(22)11-6-7-15(18-8-11)21(24)25/h6-8H,2-5,9H2,1H3,(H,19,22)(H,20,23). The summed E-state index contributed by atoms with van der Waals surface area (Å²) in [5.74, 6) is -0.743. The summed E-state index contributed by atoms with van der Waals surface area (Å²) < 4.78 is 0. The molecular formula is C17H18N4O4. The fourth-order valence-electron chi connectivity index (χ4n) is 3.20. The number of nitro groups is 1. The second kappa shape index (κ2) is 6.84. The smallest absolute Gasteiger partial charge is 0.358 e. The van der Waals surface area contributed by atoms with E-state index in [0.717, 1.165) is 43.1 Å². The number of aryl methyl sites for hydroxylation is 1. The Balaban J connectivity index is 1.78. The molecule has 0 radical (unpaired) electrons. The van der Waals surface area contributed by atoms with E-state index < -0.39 is 10.8 Å². The van der Waals surface area contributed by atoms with E-state index in [4.69, 9.17) is 0 Å². The van der Waals surface area contributed by atoms with Gasteiger partial charge in [-0.15, -0.1) is 0 Å². The molecule has 1 aliphatic rings. The minimum absolute atomic E-state index is 0.119. The first-order chi connectivity index (χ1) is 12.0. The van der Waals surface area contributed by atoms with Gasteiger partial charge in [-0.3, -0.25) is 9.59 Å². The Morgan fingerprint density at radius 1 is 1.32 bits per heavy atom. The summed E-state index contributed by atoms with van der Waals surface area (Å²) in [5, 5.41) is 13.3. The molecule has 1 amide bonds. The predicted molar refractivity (Wildman–Crippen MR) is 90.5 cm³/mol. The van der Waals surface area contributed by atoms with Crippen molar-refractivity contribution >= 4 is 11.7 Å². The van der Waals surface area contributed by atoms with E-state index in [9.17, 15) is 19.7 Å². The van der Waals surface area contributed by atoms with Gasteiger partial charge in [0.25, 0.3) is 11.5 Å². The van der Waals surface area contributed by atoms with Gasteiger partial charge < -0.3 is 20.4 Å². The van der Waals surface area contributed by atoms with Gasteiger partial charge in [0, 0.05) is 23.9 Å². The van der Waals surface area contributed by atoms with Crippen LogP contribution in [0.4, 0.5) is 5.82 Å². The van der Waals surface area contributed by atoms with E-state index in [1.165, 1.54) is 17.7 Å². The Morgan fingerprint density at radius 3 is 2.68 bits per heavy atom. The second-order valence-electron chi connectivity index (χ2n) is 6.07. The zero-order valence-electron chi connectivity index (χ0n) is 13.8. The Bertz CT molecular complexity index is 887. The molecule has 1 aliphatic carbocycles. The number of nitrogens with zero attached hydrogens (tertiary/aromatic N) is 2. The Kier molecular flexibility index (Phi) is 4.60. The summed E-state index contributed by atoms with van der Waals surface area (Å²) in [7, 11) is 0. The molecular weight excluding hydrogens is 324 g/mol. The molecule has 0 bridgehead atoms. The van der Waals surface area contributed by atoms with E-state index >= 15 is 0 Å². The molecule has 130 valence electrons. The minimum Gasteiger partial charge on any atom is -0.358 e. The number of hydrogen-bond acceptors (Lipinski definition) is 5. The van der Waals surface area contributed by atoms with Crippen LogP contribution in [0.5, 0.6) is 0 Å². The maximum atomic E-state index is 12.3. The Morgan fingerprint density at radius 2 is 2.04 bits per heavy atom. The van der Waals surface area contributed by atoms with Crippen LogP contribution in [0.15, 0.2) is 23.1 Å². The molecule has 2 N–H and O–H groups in total. The second-order valence-corrected chi connectivity index (χ2v) is 6.07. The SMILES string of the molecule is Cc1[nH]c(=O)c(CNC(=O)c2ccc([N+](=O)[O-])nc2)c2c1CCCC2. The highest BCUT2D eigenvalue weighted by Gasteiger charge is 2.19. The number of aromatic nitrogens is 2. The van der Waals surface area contributed by atoms with Gasteiger partial charge in [0.05, 0.1) is 5.56 Å². The molecule has 2 aromatic heterocycles. The minimum atomic E-state index is -0.625. The number of carbonyl (C=O) groups excluding carboxylic acids is 1. The normalized spacial score (nSPS) is 13.2. The van der Waals surface area contributed by atoms with Gasteiger partial charge in [0.2, 0.25) is 0 Å². The van der Waals surface area contributed by atoms with Gasteiger partial charge in [-0.1, -0.05) is 0 Å². The van der Waals surface area contributed by atoms with Crippen LogP contribution in [0, 0.1) is 17.0 Å². The molecule has 0 atom stereocenters. The van der Waals surface area contributed by atoms with Crippen molar-refractivity contribution in [1.82, 2.24) is 15.3 Å². The lowest BCUT2D eigenvalue weighted by Gasteiger charge is -2.21. The van der Waals surface area contributed by atoms with Crippen molar-refractivity contribution in [1.29, 1.82) is 0 Å². The number of pyridine rings is 2. The molecule has 3 rings (SSSR count). The quantitative estimate of drug-likeness (QED) is 0.649. The third-order valence-corrected chi connectivity index (χ3v) is 4.48. The molecule has 0 saturated carbocycles. The third kappa shape index (κ3) is 3.42. The first-order valence-corrected chi connectivity index (χ1v) is 8.09. The monoisotopic (exact) mass is 342 g/mol. The zero-order chi connectivity index (χ0) is 18.0. The highest BCUT2D eigenvalue weighted by Crippen LogP contribution is 2.24. The van der Waals surface area contributed by atoms with Crippen molar-refractivity contribution in [3.63, 3.8) is 0 Å². The van der Waals surface area contributed by atoms with Crippen LogP contribution < -0.4 is 10.9 Å². The number of amides is 1. The predicted octanol–water partition coefficient (Wildman–Crippen LogP) is 1.80. The number of fused-ring (bicyclic) bond motifs is 1. The average Bonchev–Trinajstić information content (AvgIpc) is 2.61. The Hall–Kier alpha value is -3.03. The first-order valence-electron chi connectivity index (χ1n) is 8.09. The number of aromatic amines is 1. The van der Waals surface area contributed by atoms with Crippen molar-refractivity contribution in [3.05, 3.63) is 66.7 Å². The van der Waals surface area contributed by atoms with E-state index in [-0.39, 0.29) is 23.5 Å². The van der Waals surface area contributed by atoms with Crippen LogP contribution in [-0.4, -0.2) is 20.8 Å². The van der Waals surface area contributed by atoms with Gasteiger partial charge in [0.1, 0.15) is 0 Å². The van der Waals surface area contributed by atoms with Crippen molar-refractivity contribution in [2.45, 2.75) is 39.2 Å². The van der Waals surface area contributed by atoms with E-state index in [2.05, 4.69) is 15.3 Å². The summed E-state index contributed by atoms with van der Waals surface area (Å²) in [6.45, 7) is 2.02. The fourth-order valence-corrected chi connectivity index (χ4v) is 3.20. The van der Waals surface area contributed by atoms with Crippen molar-refractivity contribution in [2.75, 3.05) is 0 Å². The van der Waals surface area contributed by atoms with Gasteiger partial charge in [-0.25, -0.2) is 0 Å². The molecule has 8 nitrogen and oxygen atoms in total. The van der Waals surface area contributed by atoms with Crippen LogP contribution in [-0.2, 0) is 19.4 Å². The Labute approximate surface area is 143 Å². The number of hydrogen-bond donors (Lipinski definition) is 2. The van der Waals surface area contributed by atoms with Gasteiger partial charge in [-0.05, 0) is 59.7 Å².